The van der Waals surface area contributed by atoms with Crippen LogP contribution in [-0.2, 0) is 4.79 Å². The van der Waals surface area contributed by atoms with Gasteiger partial charge in [-0.1, -0.05) is 32.6 Å². The van der Waals surface area contributed by atoms with Crippen molar-refractivity contribution >= 4 is 5.97 Å². The largest absolute Gasteiger partial charge is 0.481 e. The van der Waals surface area contributed by atoms with Crippen molar-refractivity contribution < 1.29 is 19.5 Å². The van der Waals surface area contributed by atoms with E-state index in [0.717, 1.165) is 25.7 Å². The number of likely N-dealkylation sites (N-methyl/N-ethyl adjacent to an activating group) is 1. The Kier molecular flexibility index (Phi) is 6.72. The maximum Gasteiger partial charge on any atom is 0.306 e. The Hall–Kier alpha value is -0.610. The number of quaternary nitrogens is 1. The zero-order valence-electron chi connectivity index (χ0n) is 11.7. The molecule has 0 fully saturated rings. The highest BCUT2D eigenvalue weighted by Crippen LogP contribution is 2.22. The highest BCUT2D eigenvalue weighted by atomic mass is 16.4. The van der Waals surface area contributed by atoms with Gasteiger partial charge in [0.2, 0.25) is 0 Å². The van der Waals surface area contributed by atoms with Crippen LogP contribution in [0.4, 0.5) is 0 Å². The number of hydrogen-bond acceptors (Lipinski definition) is 2. The summed E-state index contributed by atoms with van der Waals surface area (Å²) in [6.45, 7) is 2.61. The van der Waals surface area contributed by atoms with Crippen LogP contribution in [0, 0.1) is 0 Å². The van der Waals surface area contributed by atoms with Crippen molar-refractivity contribution in [1.29, 1.82) is 0 Å². The highest BCUT2D eigenvalue weighted by molar-refractivity contribution is 5.68. The van der Waals surface area contributed by atoms with Crippen LogP contribution in [0.3, 0.4) is 0 Å². The molecule has 0 aromatic rings. The normalized spacial score (nSPS) is 15.6. The molecule has 0 rings (SSSR count). The van der Waals surface area contributed by atoms with Crippen LogP contribution in [0.1, 0.15) is 45.4 Å². The highest BCUT2D eigenvalue weighted by Gasteiger charge is 2.35. The molecular weight excluding hydrogens is 218 g/mol. The minimum atomic E-state index is -1.07. The van der Waals surface area contributed by atoms with Gasteiger partial charge in [0.15, 0.2) is 0 Å². The van der Waals surface area contributed by atoms with E-state index in [-0.39, 0.29) is 6.42 Å². The summed E-state index contributed by atoms with van der Waals surface area (Å²) in [5, 5.41) is 19.3. The molecule has 1 atom stereocenters. The molecule has 0 amide bonds. The molecule has 0 spiro atoms. The third kappa shape index (κ3) is 9.12. The third-order valence-electron chi connectivity index (χ3n) is 2.74. The Morgan fingerprint density at radius 1 is 1.18 bits per heavy atom. The molecule has 0 aliphatic heterocycles. The van der Waals surface area contributed by atoms with Gasteiger partial charge in [0.05, 0.1) is 27.6 Å². The van der Waals surface area contributed by atoms with Crippen molar-refractivity contribution in [2.24, 2.45) is 0 Å². The molecule has 4 heteroatoms. The van der Waals surface area contributed by atoms with Gasteiger partial charge in [-0.2, -0.15) is 0 Å². The van der Waals surface area contributed by atoms with Crippen LogP contribution in [0.15, 0.2) is 0 Å². The van der Waals surface area contributed by atoms with Gasteiger partial charge in [-0.05, 0) is 6.42 Å². The van der Waals surface area contributed by atoms with Crippen LogP contribution in [0.2, 0.25) is 0 Å². The number of hydrogen-bond donors (Lipinski definition) is 2. The molecule has 0 radical (unpaired) electrons. The fourth-order valence-electron chi connectivity index (χ4n) is 2.27. The molecule has 0 aliphatic carbocycles. The van der Waals surface area contributed by atoms with Crippen molar-refractivity contribution in [3.05, 3.63) is 0 Å². The van der Waals surface area contributed by atoms with Gasteiger partial charge in [0.25, 0.3) is 0 Å². The fraction of sp³-hybridized carbons (Fsp3) is 0.923. The number of carboxylic acid groups (broad SMARTS) is 1. The van der Waals surface area contributed by atoms with E-state index in [4.69, 9.17) is 5.11 Å². The second-order valence-electron chi connectivity index (χ2n) is 6.05. The monoisotopic (exact) mass is 246 g/mol. The summed E-state index contributed by atoms with van der Waals surface area (Å²) < 4.78 is 0.581. The number of carbonyl (C=O) groups is 1. The quantitative estimate of drug-likeness (QED) is 0.482. The van der Waals surface area contributed by atoms with Gasteiger partial charge in [-0.25, -0.2) is 0 Å². The second kappa shape index (κ2) is 6.97. The molecule has 0 heterocycles. The molecular formula is C13H28NO3+. The standard InChI is InChI=1S/C13H27NO3/c1-5-6-7-8-9-13(17,10-12(15)16)11-14(2,3)4/h17H,5-11H2,1-4H3/p+1/t13-/m1/s1. The van der Waals surface area contributed by atoms with E-state index >= 15 is 0 Å². The minimum absolute atomic E-state index is 0.158. The van der Waals surface area contributed by atoms with E-state index in [1.54, 1.807) is 0 Å². The predicted molar refractivity (Wildman–Crippen MR) is 68.9 cm³/mol. The molecule has 102 valence electrons. The first kappa shape index (κ1) is 16.4. The van der Waals surface area contributed by atoms with Crippen molar-refractivity contribution in [2.75, 3.05) is 27.7 Å². The Morgan fingerprint density at radius 3 is 2.18 bits per heavy atom. The average Bonchev–Trinajstić information content (AvgIpc) is 2.07. The zero-order chi connectivity index (χ0) is 13.5. The van der Waals surface area contributed by atoms with Gasteiger partial charge in [0.1, 0.15) is 12.1 Å². The van der Waals surface area contributed by atoms with Crippen molar-refractivity contribution in [1.82, 2.24) is 0 Å². The SMILES string of the molecule is CCCCCC[C@@](O)(CC(=O)O)C[N+](C)(C)C. The smallest absolute Gasteiger partial charge is 0.306 e. The molecule has 0 bridgehead atoms. The molecule has 0 saturated heterocycles. The van der Waals surface area contributed by atoms with E-state index in [0.29, 0.717) is 17.4 Å². The Bertz CT molecular complexity index is 235. The van der Waals surface area contributed by atoms with Crippen LogP contribution in [-0.4, -0.2) is 54.0 Å². The molecule has 17 heavy (non-hydrogen) atoms. The van der Waals surface area contributed by atoms with Gasteiger partial charge in [-0.15, -0.1) is 0 Å². The minimum Gasteiger partial charge on any atom is -0.481 e. The van der Waals surface area contributed by atoms with Crippen molar-refractivity contribution in [2.45, 2.75) is 51.0 Å². The molecule has 0 aliphatic rings. The van der Waals surface area contributed by atoms with E-state index in [1.165, 1.54) is 0 Å². The lowest BCUT2D eigenvalue weighted by atomic mass is 9.91. The lowest BCUT2D eigenvalue weighted by Gasteiger charge is -2.34. The summed E-state index contributed by atoms with van der Waals surface area (Å²) in [4.78, 5) is 10.8. The van der Waals surface area contributed by atoms with E-state index in [9.17, 15) is 9.90 Å². The molecule has 0 aromatic heterocycles. The summed E-state index contributed by atoms with van der Waals surface area (Å²) in [6, 6.07) is 0. The van der Waals surface area contributed by atoms with Crippen molar-refractivity contribution in [3.8, 4) is 0 Å². The van der Waals surface area contributed by atoms with Crippen LogP contribution in [0.25, 0.3) is 0 Å². The van der Waals surface area contributed by atoms with Gasteiger partial charge in [-0.3, -0.25) is 4.79 Å². The van der Waals surface area contributed by atoms with Crippen LogP contribution < -0.4 is 0 Å². The van der Waals surface area contributed by atoms with E-state index in [1.807, 2.05) is 21.1 Å². The summed E-state index contributed by atoms with van der Waals surface area (Å²) in [5.41, 5.74) is -1.07. The summed E-state index contributed by atoms with van der Waals surface area (Å²) in [5.74, 6) is -0.920. The number of rotatable bonds is 9. The van der Waals surface area contributed by atoms with Gasteiger partial charge < -0.3 is 14.7 Å². The number of aliphatic hydroxyl groups is 1. The first-order valence-electron chi connectivity index (χ1n) is 6.43. The average molecular weight is 246 g/mol. The van der Waals surface area contributed by atoms with Gasteiger partial charge >= 0.3 is 5.97 Å². The first-order chi connectivity index (χ1) is 7.68. The lowest BCUT2D eigenvalue weighted by Crippen LogP contribution is -2.50. The van der Waals surface area contributed by atoms with Gasteiger partial charge in [0, 0.05) is 0 Å². The maximum atomic E-state index is 10.8. The summed E-state index contributed by atoms with van der Waals surface area (Å²) >= 11 is 0. The maximum absolute atomic E-state index is 10.8. The fourth-order valence-corrected chi connectivity index (χ4v) is 2.27. The number of nitrogens with zero attached hydrogens (tertiary/aromatic N) is 1. The third-order valence-corrected chi connectivity index (χ3v) is 2.74. The first-order valence-corrected chi connectivity index (χ1v) is 6.43. The molecule has 0 saturated carbocycles. The van der Waals surface area contributed by atoms with Crippen LogP contribution in [0.5, 0.6) is 0 Å². The summed E-state index contributed by atoms with van der Waals surface area (Å²) in [6.07, 6.45) is 4.68. The number of unbranched alkanes of at least 4 members (excludes halogenated alkanes) is 3. The molecule has 0 unspecified atom stereocenters. The van der Waals surface area contributed by atoms with E-state index < -0.39 is 11.6 Å². The zero-order valence-corrected chi connectivity index (χ0v) is 11.7. The Labute approximate surface area is 105 Å². The lowest BCUT2D eigenvalue weighted by molar-refractivity contribution is -0.877. The number of aliphatic carboxylic acids is 1. The van der Waals surface area contributed by atoms with Crippen LogP contribution >= 0.6 is 0 Å². The molecule has 2 N–H and O–H groups in total. The Balaban J connectivity index is 4.34. The van der Waals surface area contributed by atoms with Crippen molar-refractivity contribution in [3.63, 3.8) is 0 Å². The second-order valence-corrected chi connectivity index (χ2v) is 6.05. The topological polar surface area (TPSA) is 57.5 Å². The number of carboxylic acids is 1. The predicted octanol–water partition coefficient (Wildman–Crippen LogP) is 1.87. The molecule has 4 nitrogen and oxygen atoms in total. The molecule has 0 aromatic carbocycles. The Morgan fingerprint density at radius 2 is 1.76 bits per heavy atom. The van der Waals surface area contributed by atoms with E-state index in [2.05, 4.69) is 6.92 Å². The summed E-state index contributed by atoms with van der Waals surface area (Å²) in [7, 11) is 5.91.